The smallest absolute Gasteiger partial charge is 0.295 e. The van der Waals surface area contributed by atoms with Crippen LogP contribution in [-0.4, -0.2) is 11.5 Å². The maximum Gasteiger partial charge on any atom is 0.334 e. The highest BCUT2D eigenvalue weighted by atomic mass is 32.1. The van der Waals surface area contributed by atoms with Crippen LogP contribution in [0, 0.1) is 0 Å². The van der Waals surface area contributed by atoms with Crippen molar-refractivity contribution in [3.8, 4) is 0 Å². The second kappa shape index (κ2) is 3.51. The third-order valence-corrected chi connectivity index (χ3v) is 0.398. The standard InChI is InChI=1S/C2H4N3OS/c3-5-2(6)4-1-7/h3H2,(H2,4,5,6,7). The molecular weight excluding hydrogens is 114 g/mol. The summed E-state index contributed by atoms with van der Waals surface area (Å²) in [4.78, 5) is 9.94. The maximum absolute atomic E-state index is 9.94. The van der Waals surface area contributed by atoms with Crippen molar-refractivity contribution in [1.29, 1.82) is 0 Å². The lowest BCUT2D eigenvalue weighted by Gasteiger charge is -1.90. The molecule has 0 aliphatic heterocycles. The Hall–Kier alpha value is -0.680. The van der Waals surface area contributed by atoms with Crippen LogP contribution in [0.5, 0.6) is 0 Å². The van der Waals surface area contributed by atoms with E-state index >= 15 is 0 Å². The Balaban J connectivity index is 3.17. The van der Waals surface area contributed by atoms with Crippen molar-refractivity contribution < 1.29 is 4.79 Å². The van der Waals surface area contributed by atoms with Gasteiger partial charge in [-0.1, -0.05) is 12.2 Å². The minimum absolute atomic E-state index is 0.560. The van der Waals surface area contributed by atoms with Gasteiger partial charge in [0.2, 0.25) is 0 Å². The lowest BCUT2D eigenvalue weighted by molar-refractivity contribution is 0.246. The van der Waals surface area contributed by atoms with E-state index in [2.05, 4.69) is 18.1 Å². The molecule has 0 aromatic heterocycles. The van der Waals surface area contributed by atoms with Gasteiger partial charge in [-0.3, -0.25) is 10.7 Å². The summed E-state index contributed by atoms with van der Waals surface area (Å²) in [6.45, 7) is 0. The van der Waals surface area contributed by atoms with E-state index in [9.17, 15) is 4.79 Å². The summed E-state index contributed by atoms with van der Waals surface area (Å²) in [6.07, 6.45) is 0. The van der Waals surface area contributed by atoms with E-state index in [-0.39, 0.29) is 0 Å². The number of nitrogens with two attached hydrogens (primary N) is 1. The van der Waals surface area contributed by atoms with E-state index in [1.165, 1.54) is 0 Å². The van der Waals surface area contributed by atoms with Gasteiger partial charge in [-0.15, -0.1) is 0 Å². The lowest BCUT2D eigenvalue weighted by atomic mass is 11.0. The Bertz CT molecular complexity index is 83.0. The first-order valence-corrected chi connectivity index (χ1v) is 1.86. The van der Waals surface area contributed by atoms with E-state index in [4.69, 9.17) is 0 Å². The number of nitrogens with one attached hydrogen (secondary N) is 2. The summed E-state index contributed by atoms with van der Waals surface area (Å²) in [5.74, 6) is 4.61. The Morgan fingerprint density at radius 1 is 1.86 bits per heavy atom. The van der Waals surface area contributed by atoms with Crippen LogP contribution in [0.4, 0.5) is 4.79 Å². The first-order chi connectivity index (χ1) is 3.31. The molecule has 39 valence electrons. The van der Waals surface area contributed by atoms with Crippen LogP contribution >= 0.6 is 12.2 Å². The van der Waals surface area contributed by atoms with Crippen molar-refractivity contribution in [2.24, 2.45) is 5.84 Å². The predicted octanol–water partition coefficient (Wildman–Crippen LogP) is -1.01. The lowest BCUT2D eigenvalue weighted by Crippen LogP contribution is -2.38. The van der Waals surface area contributed by atoms with Gasteiger partial charge < -0.3 is 0 Å². The highest BCUT2D eigenvalue weighted by Gasteiger charge is 1.86. The number of thiocarbonyl (C=S) groups is 1. The van der Waals surface area contributed by atoms with Crippen molar-refractivity contribution in [2.45, 2.75) is 0 Å². The van der Waals surface area contributed by atoms with Crippen LogP contribution in [-0.2, 0) is 0 Å². The second-order valence-electron chi connectivity index (χ2n) is 0.701. The van der Waals surface area contributed by atoms with E-state index in [1.807, 2.05) is 10.8 Å². The van der Waals surface area contributed by atoms with Crippen molar-refractivity contribution in [1.82, 2.24) is 10.7 Å². The molecule has 0 saturated heterocycles. The fourth-order valence-electron chi connectivity index (χ4n) is 0.0824. The third-order valence-electron chi connectivity index (χ3n) is 0.296. The molecule has 0 aliphatic rings. The van der Waals surface area contributed by atoms with Gasteiger partial charge in [0.25, 0.3) is 0 Å². The monoisotopic (exact) mass is 118 g/mol. The van der Waals surface area contributed by atoms with Gasteiger partial charge in [0, 0.05) is 0 Å². The molecular formula is C2H4N3OS. The summed E-state index contributed by atoms with van der Waals surface area (Å²) in [7, 11) is 0. The number of hydrogen-bond acceptors (Lipinski definition) is 3. The molecule has 1 radical (unpaired) electrons. The minimum atomic E-state index is -0.560. The molecule has 2 amide bonds. The second-order valence-corrected chi connectivity index (χ2v) is 0.905. The molecule has 0 aromatic rings. The zero-order valence-corrected chi connectivity index (χ0v) is 4.21. The Labute approximate surface area is 46.0 Å². The maximum atomic E-state index is 9.94. The third kappa shape index (κ3) is 3.14. The van der Waals surface area contributed by atoms with E-state index in [0.29, 0.717) is 0 Å². The van der Waals surface area contributed by atoms with Gasteiger partial charge in [-0.2, -0.15) is 0 Å². The minimum Gasteiger partial charge on any atom is -0.295 e. The molecule has 0 aromatic carbocycles. The molecule has 0 aliphatic carbocycles. The van der Waals surface area contributed by atoms with Crippen LogP contribution in [0.1, 0.15) is 0 Å². The molecule has 4 nitrogen and oxygen atoms in total. The van der Waals surface area contributed by atoms with Gasteiger partial charge >= 0.3 is 6.03 Å². The van der Waals surface area contributed by atoms with Gasteiger partial charge in [0.15, 0.2) is 0 Å². The zero-order valence-electron chi connectivity index (χ0n) is 3.39. The molecule has 4 N–H and O–H groups in total. The zero-order chi connectivity index (χ0) is 5.70. The molecule has 7 heavy (non-hydrogen) atoms. The van der Waals surface area contributed by atoms with Crippen molar-refractivity contribution in [3.05, 3.63) is 0 Å². The van der Waals surface area contributed by atoms with Gasteiger partial charge in [-0.25, -0.2) is 10.6 Å². The SMILES string of the molecule is NNC(=O)N[C]=S. The first-order valence-electron chi connectivity index (χ1n) is 1.45. The summed E-state index contributed by atoms with van der Waals surface area (Å²) in [5, 5.41) is 1.98. The number of hydrogen-bond donors (Lipinski definition) is 3. The molecule has 5 heteroatoms. The van der Waals surface area contributed by atoms with Gasteiger partial charge in [-0.05, 0) is 0 Å². The summed E-state index contributed by atoms with van der Waals surface area (Å²) in [5.41, 5.74) is 3.75. The van der Waals surface area contributed by atoms with E-state index < -0.39 is 6.03 Å². The predicted molar refractivity (Wildman–Crippen MR) is 28.5 cm³/mol. The Morgan fingerprint density at radius 3 is 2.57 bits per heavy atom. The number of hydrazine groups is 1. The van der Waals surface area contributed by atoms with Crippen LogP contribution in [0.15, 0.2) is 0 Å². The van der Waals surface area contributed by atoms with E-state index in [0.717, 1.165) is 0 Å². The van der Waals surface area contributed by atoms with Crippen molar-refractivity contribution >= 4 is 23.7 Å². The van der Waals surface area contributed by atoms with Gasteiger partial charge in [0.05, 0.1) is 0 Å². The van der Waals surface area contributed by atoms with Gasteiger partial charge in [0.1, 0.15) is 5.49 Å². The number of amides is 2. The molecule has 0 heterocycles. The Kier molecular flexibility index (Phi) is 3.17. The number of rotatable bonds is 1. The fraction of sp³-hybridized carbons (Fsp3) is 0. The largest absolute Gasteiger partial charge is 0.334 e. The van der Waals surface area contributed by atoms with Crippen molar-refractivity contribution in [3.63, 3.8) is 0 Å². The summed E-state index contributed by atoms with van der Waals surface area (Å²) in [6, 6.07) is -0.560. The first kappa shape index (κ1) is 6.32. The molecule has 0 rings (SSSR count). The van der Waals surface area contributed by atoms with E-state index in [1.54, 1.807) is 5.43 Å². The highest BCUT2D eigenvalue weighted by Crippen LogP contribution is 1.50. The molecule has 0 atom stereocenters. The van der Waals surface area contributed by atoms with Crippen LogP contribution in [0.2, 0.25) is 0 Å². The average Bonchev–Trinajstić information content (AvgIpc) is 1.68. The van der Waals surface area contributed by atoms with Crippen LogP contribution < -0.4 is 16.6 Å². The van der Waals surface area contributed by atoms with Crippen LogP contribution in [0.25, 0.3) is 0 Å². The summed E-state index contributed by atoms with van der Waals surface area (Å²) >= 11 is 4.12. The molecule has 0 spiro atoms. The number of carbonyl (C=O) groups is 1. The normalized spacial score (nSPS) is 7.00. The summed E-state index contributed by atoms with van der Waals surface area (Å²) < 4.78 is 0. The Morgan fingerprint density at radius 2 is 2.43 bits per heavy atom. The molecule has 0 saturated carbocycles. The highest BCUT2D eigenvalue weighted by molar-refractivity contribution is 7.78. The average molecular weight is 118 g/mol. The molecule has 0 fully saturated rings. The van der Waals surface area contributed by atoms with Crippen LogP contribution in [0.3, 0.4) is 0 Å². The van der Waals surface area contributed by atoms with Crippen molar-refractivity contribution in [2.75, 3.05) is 0 Å². The quantitative estimate of drug-likeness (QED) is 0.136. The topological polar surface area (TPSA) is 67.1 Å². The molecule has 0 unspecified atom stereocenters. The molecule has 0 bridgehead atoms. The fourth-order valence-corrected chi connectivity index (χ4v) is 0.175. The number of carbonyl (C=O) groups excluding carboxylic acids is 1. The number of urea groups is 1.